The van der Waals surface area contributed by atoms with E-state index in [4.69, 9.17) is 14.2 Å². The summed E-state index contributed by atoms with van der Waals surface area (Å²) in [5.41, 5.74) is 1.22. The number of aryl methyl sites for hydroxylation is 1. The molecule has 0 radical (unpaired) electrons. The number of carbonyl (C=O) groups excluding carboxylic acids is 3. The molecule has 7 heteroatoms. The molecule has 0 amide bonds. The molecule has 0 aliphatic carbocycles. The molecule has 1 N–H and O–H groups in total. The van der Waals surface area contributed by atoms with Crippen LogP contribution in [0.2, 0.25) is 0 Å². The van der Waals surface area contributed by atoms with Gasteiger partial charge in [0.05, 0.1) is 12.7 Å². The van der Waals surface area contributed by atoms with Crippen LogP contribution in [0.15, 0.2) is 67.8 Å². The third-order valence-electron chi connectivity index (χ3n) is 5.54. The van der Waals surface area contributed by atoms with E-state index in [-0.39, 0.29) is 43.8 Å². The lowest BCUT2D eigenvalue weighted by atomic mass is 10.1. The minimum absolute atomic E-state index is 0.182. The van der Waals surface area contributed by atoms with Gasteiger partial charge in [-0.25, -0.2) is 0 Å². The number of rotatable bonds is 21. The molecule has 2 atom stereocenters. The standard InChI is InChI=1S/C30H42O7/c1-3-26(31)18-12-21-28(32)35-23-11-6-5-10-20-30(34)37-27(4-2)19-13-22-29(33)36-24-14-17-25-15-8-7-9-16-25/h3-4,6-9,11,15-16,26-27,31H,1-2,5,10,12-14,17-24H2/b11-6+. The maximum atomic E-state index is 12.1. The van der Waals surface area contributed by atoms with Crippen molar-refractivity contribution in [1.29, 1.82) is 0 Å². The fourth-order valence-electron chi connectivity index (χ4n) is 3.42. The first-order valence-corrected chi connectivity index (χ1v) is 13.1. The molecule has 2 unspecified atom stereocenters. The zero-order chi connectivity index (χ0) is 27.1. The molecule has 37 heavy (non-hydrogen) atoms. The second-order valence-electron chi connectivity index (χ2n) is 8.71. The molecular weight excluding hydrogens is 472 g/mol. The van der Waals surface area contributed by atoms with E-state index in [0.717, 1.165) is 12.8 Å². The summed E-state index contributed by atoms with van der Waals surface area (Å²) >= 11 is 0. The van der Waals surface area contributed by atoms with Crippen LogP contribution in [-0.4, -0.2) is 48.4 Å². The molecule has 1 aromatic carbocycles. The maximum Gasteiger partial charge on any atom is 0.306 e. The predicted octanol–water partition coefficient (Wildman–Crippen LogP) is 5.42. The molecule has 0 fully saturated rings. The summed E-state index contributed by atoms with van der Waals surface area (Å²) in [7, 11) is 0. The van der Waals surface area contributed by atoms with Crippen molar-refractivity contribution in [1.82, 2.24) is 0 Å². The van der Waals surface area contributed by atoms with E-state index in [9.17, 15) is 19.5 Å². The minimum atomic E-state index is -0.592. The van der Waals surface area contributed by atoms with Crippen molar-refractivity contribution in [2.75, 3.05) is 13.2 Å². The van der Waals surface area contributed by atoms with Crippen LogP contribution in [0.25, 0.3) is 0 Å². The number of esters is 3. The predicted molar refractivity (Wildman–Crippen MR) is 144 cm³/mol. The van der Waals surface area contributed by atoms with E-state index in [2.05, 4.69) is 25.3 Å². The summed E-state index contributed by atoms with van der Waals surface area (Å²) in [6, 6.07) is 10.1. The van der Waals surface area contributed by atoms with Crippen molar-refractivity contribution in [3.63, 3.8) is 0 Å². The Morgan fingerprint density at radius 2 is 1.49 bits per heavy atom. The van der Waals surface area contributed by atoms with Crippen LogP contribution < -0.4 is 0 Å². The van der Waals surface area contributed by atoms with E-state index < -0.39 is 12.2 Å². The number of unbranched alkanes of at least 4 members (excludes halogenated alkanes) is 1. The van der Waals surface area contributed by atoms with Gasteiger partial charge in [0, 0.05) is 19.3 Å². The van der Waals surface area contributed by atoms with Crippen molar-refractivity contribution in [2.45, 2.75) is 82.8 Å². The van der Waals surface area contributed by atoms with Gasteiger partial charge in [-0.3, -0.25) is 14.4 Å². The number of hydrogen-bond donors (Lipinski definition) is 1. The van der Waals surface area contributed by atoms with Gasteiger partial charge in [0.25, 0.3) is 0 Å². The monoisotopic (exact) mass is 514 g/mol. The molecule has 0 saturated carbocycles. The largest absolute Gasteiger partial charge is 0.466 e. The third-order valence-corrected chi connectivity index (χ3v) is 5.54. The van der Waals surface area contributed by atoms with Crippen molar-refractivity contribution < 1.29 is 33.7 Å². The average molecular weight is 515 g/mol. The lowest BCUT2D eigenvalue weighted by Gasteiger charge is -2.13. The molecule has 1 rings (SSSR count). The molecule has 0 heterocycles. The van der Waals surface area contributed by atoms with Gasteiger partial charge < -0.3 is 19.3 Å². The molecule has 0 aliphatic heterocycles. The number of ether oxygens (including phenoxy) is 3. The zero-order valence-electron chi connectivity index (χ0n) is 21.9. The van der Waals surface area contributed by atoms with E-state index in [1.165, 1.54) is 11.6 Å². The van der Waals surface area contributed by atoms with Crippen LogP contribution in [0, 0.1) is 0 Å². The van der Waals surface area contributed by atoms with Crippen molar-refractivity contribution in [3.05, 3.63) is 73.4 Å². The van der Waals surface area contributed by atoms with Crippen LogP contribution in [0.5, 0.6) is 0 Å². The second-order valence-corrected chi connectivity index (χ2v) is 8.71. The second kappa shape index (κ2) is 20.9. The van der Waals surface area contributed by atoms with Crippen LogP contribution in [0.1, 0.15) is 69.8 Å². The lowest BCUT2D eigenvalue weighted by molar-refractivity contribution is -0.147. The molecule has 204 valence electrons. The van der Waals surface area contributed by atoms with E-state index >= 15 is 0 Å². The zero-order valence-corrected chi connectivity index (χ0v) is 21.9. The van der Waals surface area contributed by atoms with E-state index in [1.54, 1.807) is 12.2 Å². The number of carbonyl (C=O) groups is 3. The van der Waals surface area contributed by atoms with Gasteiger partial charge in [-0.05, 0) is 56.9 Å². The highest BCUT2D eigenvalue weighted by atomic mass is 16.5. The van der Waals surface area contributed by atoms with Crippen LogP contribution in [0.4, 0.5) is 0 Å². The highest BCUT2D eigenvalue weighted by Gasteiger charge is 2.12. The van der Waals surface area contributed by atoms with Gasteiger partial charge in [0.1, 0.15) is 12.7 Å². The molecule has 0 saturated heterocycles. The molecule has 0 aromatic heterocycles. The van der Waals surface area contributed by atoms with Crippen LogP contribution >= 0.6 is 0 Å². The van der Waals surface area contributed by atoms with Crippen molar-refractivity contribution in [3.8, 4) is 0 Å². The first-order valence-electron chi connectivity index (χ1n) is 13.1. The summed E-state index contributed by atoms with van der Waals surface area (Å²) in [4.78, 5) is 35.6. The fraction of sp³-hybridized carbons (Fsp3) is 0.500. The Hall–Kier alpha value is -3.19. The normalized spacial score (nSPS) is 12.5. The molecule has 0 bridgehead atoms. The Bertz CT molecular complexity index is 832. The third kappa shape index (κ3) is 17.8. The molecular formula is C30H42O7. The Balaban J connectivity index is 2.05. The average Bonchev–Trinajstić information content (AvgIpc) is 2.90. The number of aliphatic hydroxyl groups is 1. The first kappa shape index (κ1) is 31.8. The van der Waals surface area contributed by atoms with Crippen molar-refractivity contribution >= 4 is 17.9 Å². The van der Waals surface area contributed by atoms with Crippen LogP contribution in [0.3, 0.4) is 0 Å². The van der Waals surface area contributed by atoms with E-state index in [1.807, 2.05) is 24.3 Å². The van der Waals surface area contributed by atoms with Gasteiger partial charge in [0.2, 0.25) is 0 Å². The number of allylic oxidation sites excluding steroid dienone is 1. The highest BCUT2D eigenvalue weighted by Crippen LogP contribution is 2.10. The highest BCUT2D eigenvalue weighted by molar-refractivity contribution is 5.70. The molecule has 0 aliphatic rings. The summed E-state index contributed by atoms with van der Waals surface area (Å²) in [5, 5.41) is 9.35. The number of benzene rings is 1. The van der Waals surface area contributed by atoms with Gasteiger partial charge >= 0.3 is 17.9 Å². The Morgan fingerprint density at radius 3 is 2.19 bits per heavy atom. The maximum absolute atomic E-state index is 12.1. The van der Waals surface area contributed by atoms with E-state index in [0.29, 0.717) is 45.1 Å². The number of hydrogen-bond acceptors (Lipinski definition) is 7. The molecule has 7 nitrogen and oxygen atoms in total. The summed E-state index contributed by atoms with van der Waals surface area (Å²) in [6.45, 7) is 7.77. The number of aliphatic hydroxyl groups excluding tert-OH is 1. The van der Waals surface area contributed by atoms with Gasteiger partial charge in [-0.2, -0.15) is 0 Å². The van der Waals surface area contributed by atoms with Gasteiger partial charge in [0.15, 0.2) is 0 Å². The summed E-state index contributed by atoms with van der Waals surface area (Å²) < 4.78 is 15.8. The quantitative estimate of drug-likeness (QED) is 0.101. The fourth-order valence-corrected chi connectivity index (χ4v) is 3.42. The Kier molecular flexibility index (Phi) is 18.0. The lowest BCUT2D eigenvalue weighted by Crippen LogP contribution is -2.16. The van der Waals surface area contributed by atoms with Crippen LogP contribution in [-0.2, 0) is 35.0 Å². The minimum Gasteiger partial charge on any atom is -0.466 e. The topological polar surface area (TPSA) is 99.1 Å². The van der Waals surface area contributed by atoms with Gasteiger partial charge in [-0.15, -0.1) is 6.58 Å². The smallest absolute Gasteiger partial charge is 0.306 e. The van der Waals surface area contributed by atoms with Gasteiger partial charge in [-0.1, -0.05) is 61.2 Å². The molecule has 1 aromatic rings. The molecule has 0 spiro atoms. The SMILES string of the molecule is C=CC(O)CCCC(=O)OC/C=C/CCCC(=O)OC(C=C)CCCC(=O)OCCCc1ccccc1. The van der Waals surface area contributed by atoms with Crippen molar-refractivity contribution in [2.24, 2.45) is 0 Å². The Morgan fingerprint density at radius 1 is 0.811 bits per heavy atom. The Labute approximate surface area is 221 Å². The first-order chi connectivity index (χ1) is 17.9. The summed E-state index contributed by atoms with van der Waals surface area (Å²) in [5.74, 6) is -0.864. The summed E-state index contributed by atoms with van der Waals surface area (Å²) in [6.07, 6.45) is 11.4.